The molecule has 6 heteroatoms. The van der Waals surface area contributed by atoms with Crippen LogP contribution in [-0.2, 0) is 13.6 Å². The molecule has 0 spiro atoms. The lowest BCUT2D eigenvalue weighted by molar-refractivity contribution is 0.0697. The van der Waals surface area contributed by atoms with Gasteiger partial charge in [-0.1, -0.05) is 12.1 Å². The van der Waals surface area contributed by atoms with Gasteiger partial charge in [-0.05, 0) is 49.4 Å². The van der Waals surface area contributed by atoms with Crippen LogP contribution in [0.5, 0.6) is 0 Å². The number of likely N-dealkylation sites (tertiary alicyclic amines) is 1. The smallest absolute Gasteiger partial charge is 0.253 e. The van der Waals surface area contributed by atoms with Gasteiger partial charge in [0, 0.05) is 31.4 Å². The van der Waals surface area contributed by atoms with Gasteiger partial charge in [-0.25, -0.2) is 0 Å². The fourth-order valence-corrected chi connectivity index (χ4v) is 3.05. The van der Waals surface area contributed by atoms with E-state index in [4.69, 9.17) is 0 Å². The molecule has 1 aliphatic heterocycles. The molecule has 2 aromatic rings. The number of rotatable bonds is 4. The second-order valence-electron chi connectivity index (χ2n) is 6.71. The van der Waals surface area contributed by atoms with E-state index >= 15 is 0 Å². The maximum Gasteiger partial charge on any atom is 0.253 e. The number of nitrogens with zero attached hydrogens (tertiary/aromatic N) is 4. The van der Waals surface area contributed by atoms with E-state index in [0.717, 1.165) is 54.4 Å². The Labute approximate surface area is 142 Å². The number of carbonyl (C=O) groups excluding carboxylic acids is 1. The standard InChI is InChI=1S/C18H25N5O/c1-13-6-8-23(9-7-13)18(24)15-4-5-17(14(2)10-15)19-11-16-12-20-21-22(16)3/h4-5,10,12-13,19H,6-9,11H2,1-3H3. The summed E-state index contributed by atoms with van der Waals surface area (Å²) >= 11 is 0. The Morgan fingerprint density at radius 3 is 2.71 bits per heavy atom. The van der Waals surface area contributed by atoms with Crippen molar-refractivity contribution in [2.24, 2.45) is 13.0 Å². The predicted octanol–water partition coefficient (Wildman–Crippen LogP) is 2.61. The number of anilines is 1. The summed E-state index contributed by atoms with van der Waals surface area (Å²) in [6.07, 6.45) is 3.95. The molecule has 1 aliphatic rings. The molecule has 24 heavy (non-hydrogen) atoms. The van der Waals surface area contributed by atoms with Gasteiger partial charge in [0.15, 0.2) is 0 Å². The number of amides is 1. The summed E-state index contributed by atoms with van der Waals surface area (Å²) < 4.78 is 1.75. The lowest BCUT2D eigenvalue weighted by Gasteiger charge is -2.30. The summed E-state index contributed by atoms with van der Waals surface area (Å²) in [6.45, 7) is 6.67. The summed E-state index contributed by atoms with van der Waals surface area (Å²) in [6, 6.07) is 5.88. The van der Waals surface area contributed by atoms with Gasteiger partial charge in [-0.3, -0.25) is 9.48 Å². The van der Waals surface area contributed by atoms with Crippen molar-refractivity contribution < 1.29 is 4.79 Å². The van der Waals surface area contributed by atoms with E-state index in [-0.39, 0.29) is 5.91 Å². The lowest BCUT2D eigenvalue weighted by atomic mass is 9.98. The molecule has 2 heterocycles. The van der Waals surface area contributed by atoms with E-state index in [2.05, 4.69) is 22.6 Å². The molecule has 1 amide bonds. The third-order valence-electron chi connectivity index (χ3n) is 4.81. The Morgan fingerprint density at radius 2 is 2.08 bits per heavy atom. The highest BCUT2D eigenvalue weighted by atomic mass is 16.2. The topological polar surface area (TPSA) is 63.1 Å². The molecule has 0 aliphatic carbocycles. The summed E-state index contributed by atoms with van der Waals surface area (Å²) in [5.74, 6) is 0.872. The van der Waals surface area contributed by atoms with Crippen LogP contribution in [0.2, 0.25) is 0 Å². The van der Waals surface area contributed by atoms with Crippen molar-refractivity contribution >= 4 is 11.6 Å². The normalized spacial score (nSPS) is 15.5. The van der Waals surface area contributed by atoms with Crippen molar-refractivity contribution in [3.63, 3.8) is 0 Å². The van der Waals surface area contributed by atoms with E-state index in [0.29, 0.717) is 6.54 Å². The molecule has 0 unspecified atom stereocenters. The Bertz CT molecular complexity index is 716. The summed E-state index contributed by atoms with van der Waals surface area (Å²) in [5, 5.41) is 11.2. The van der Waals surface area contributed by atoms with Crippen LogP contribution in [0.15, 0.2) is 24.4 Å². The molecule has 1 N–H and O–H groups in total. The lowest BCUT2D eigenvalue weighted by Crippen LogP contribution is -2.37. The molecule has 1 aromatic heterocycles. The van der Waals surface area contributed by atoms with E-state index in [9.17, 15) is 4.79 Å². The van der Waals surface area contributed by atoms with Gasteiger partial charge >= 0.3 is 0 Å². The first kappa shape index (κ1) is 16.5. The second-order valence-corrected chi connectivity index (χ2v) is 6.71. The number of benzene rings is 1. The van der Waals surface area contributed by atoms with Crippen LogP contribution in [-0.4, -0.2) is 38.9 Å². The predicted molar refractivity (Wildman–Crippen MR) is 93.8 cm³/mol. The largest absolute Gasteiger partial charge is 0.379 e. The Kier molecular flexibility index (Phi) is 4.83. The van der Waals surface area contributed by atoms with Gasteiger partial charge in [0.2, 0.25) is 0 Å². The fourth-order valence-electron chi connectivity index (χ4n) is 3.05. The van der Waals surface area contributed by atoms with E-state index < -0.39 is 0 Å². The first-order valence-electron chi connectivity index (χ1n) is 8.52. The van der Waals surface area contributed by atoms with E-state index in [1.165, 1.54) is 0 Å². The number of nitrogens with one attached hydrogen (secondary N) is 1. The van der Waals surface area contributed by atoms with Crippen LogP contribution in [0.4, 0.5) is 5.69 Å². The molecule has 0 atom stereocenters. The minimum absolute atomic E-state index is 0.146. The number of hydrogen-bond acceptors (Lipinski definition) is 4. The van der Waals surface area contributed by atoms with E-state index in [1.807, 2.05) is 37.1 Å². The van der Waals surface area contributed by atoms with Crippen LogP contribution in [0, 0.1) is 12.8 Å². The first-order chi connectivity index (χ1) is 11.5. The quantitative estimate of drug-likeness (QED) is 0.937. The molecule has 1 aromatic carbocycles. The molecule has 128 valence electrons. The van der Waals surface area contributed by atoms with Crippen LogP contribution >= 0.6 is 0 Å². The molecule has 0 radical (unpaired) electrons. The Morgan fingerprint density at radius 1 is 1.33 bits per heavy atom. The minimum Gasteiger partial charge on any atom is -0.379 e. The fraction of sp³-hybridized carbons (Fsp3) is 0.500. The van der Waals surface area contributed by atoms with Gasteiger partial charge in [0.1, 0.15) is 0 Å². The van der Waals surface area contributed by atoms with Crippen LogP contribution in [0.25, 0.3) is 0 Å². The molecule has 1 saturated heterocycles. The van der Waals surface area contributed by atoms with Crippen molar-refractivity contribution in [2.45, 2.75) is 33.2 Å². The summed E-state index contributed by atoms with van der Waals surface area (Å²) in [7, 11) is 1.87. The average molecular weight is 327 g/mol. The summed E-state index contributed by atoms with van der Waals surface area (Å²) in [5.41, 5.74) is 3.88. The Balaban J connectivity index is 1.65. The third kappa shape index (κ3) is 3.58. The van der Waals surface area contributed by atoms with Crippen molar-refractivity contribution in [1.29, 1.82) is 0 Å². The van der Waals surface area contributed by atoms with E-state index in [1.54, 1.807) is 10.9 Å². The van der Waals surface area contributed by atoms with Crippen molar-refractivity contribution in [3.8, 4) is 0 Å². The maximum atomic E-state index is 12.6. The molecule has 0 saturated carbocycles. The van der Waals surface area contributed by atoms with Gasteiger partial charge < -0.3 is 10.2 Å². The monoisotopic (exact) mass is 327 g/mol. The van der Waals surface area contributed by atoms with Crippen LogP contribution < -0.4 is 5.32 Å². The molecule has 3 rings (SSSR count). The van der Waals surface area contributed by atoms with Crippen LogP contribution in [0.1, 0.15) is 41.4 Å². The zero-order valence-electron chi connectivity index (χ0n) is 14.6. The Hall–Kier alpha value is -2.37. The highest BCUT2D eigenvalue weighted by molar-refractivity contribution is 5.95. The number of aryl methyl sites for hydroxylation is 2. The highest BCUT2D eigenvalue weighted by Gasteiger charge is 2.21. The van der Waals surface area contributed by atoms with Crippen molar-refractivity contribution in [1.82, 2.24) is 19.9 Å². The number of piperidine rings is 1. The zero-order valence-corrected chi connectivity index (χ0v) is 14.6. The van der Waals surface area contributed by atoms with Crippen molar-refractivity contribution in [2.75, 3.05) is 18.4 Å². The van der Waals surface area contributed by atoms with Gasteiger partial charge in [-0.2, -0.15) is 0 Å². The number of carbonyl (C=O) groups is 1. The van der Waals surface area contributed by atoms with Gasteiger partial charge in [-0.15, -0.1) is 5.10 Å². The SMILES string of the molecule is Cc1cc(C(=O)N2CCC(C)CC2)ccc1NCc1cnnn1C. The molecule has 0 bridgehead atoms. The molecule has 1 fully saturated rings. The van der Waals surface area contributed by atoms with Crippen LogP contribution in [0.3, 0.4) is 0 Å². The zero-order chi connectivity index (χ0) is 17.1. The highest BCUT2D eigenvalue weighted by Crippen LogP contribution is 2.21. The molecular formula is C18H25N5O. The van der Waals surface area contributed by atoms with Gasteiger partial charge in [0.05, 0.1) is 18.4 Å². The van der Waals surface area contributed by atoms with Crippen molar-refractivity contribution in [3.05, 3.63) is 41.2 Å². The molecular weight excluding hydrogens is 302 g/mol. The first-order valence-corrected chi connectivity index (χ1v) is 8.52. The second kappa shape index (κ2) is 7.03. The minimum atomic E-state index is 0.146. The number of aromatic nitrogens is 3. The number of hydrogen-bond donors (Lipinski definition) is 1. The maximum absolute atomic E-state index is 12.6. The van der Waals surface area contributed by atoms with Gasteiger partial charge in [0.25, 0.3) is 5.91 Å². The summed E-state index contributed by atoms with van der Waals surface area (Å²) in [4.78, 5) is 14.6. The average Bonchev–Trinajstić information content (AvgIpc) is 2.99. The molecule has 6 nitrogen and oxygen atoms in total. The third-order valence-corrected chi connectivity index (χ3v) is 4.81.